The van der Waals surface area contributed by atoms with Gasteiger partial charge in [0.1, 0.15) is 11.6 Å². The van der Waals surface area contributed by atoms with Crippen molar-refractivity contribution in [2.75, 3.05) is 18.1 Å². The summed E-state index contributed by atoms with van der Waals surface area (Å²) in [7, 11) is 0. The fourth-order valence-electron chi connectivity index (χ4n) is 5.19. The first-order valence-electron chi connectivity index (χ1n) is 12.0. The zero-order chi connectivity index (χ0) is 24.5. The molecule has 36 heavy (non-hydrogen) atoms. The molecule has 5 aromatic rings. The highest BCUT2D eigenvalue weighted by atomic mass is 16.6. The van der Waals surface area contributed by atoms with E-state index in [9.17, 15) is 9.90 Å². The lowest BCUT2D eigenvalue weighted by atomic mass is 9.77. The van der Waals surface area contributed by atoms with Crippen LogP contribution in [0.15, 0.2) is 115 Å². The molecule has 4 aromatic carbocycles. The summed E-state index contributed by atoms with van der Waals surface area (Å²) in [5.74, 6) is 0. The number of nitrogens with zero attached hydrogens (tertiary/aromatic N) is 3. The van der Waals surface area contributed by atoms with Crippen LogP contribution in [0.5, 0.6) is 0 Å². The van der Waals surface area contributed by atoms with Crippen molar-refractivity contribution < 1.29 is 14.6 Å². The predicted molar refractivity (Wildman–Crippen MR) is 139 cm³/mol. The monoisotopic (exact) mass is 475 g/mol. The van der Waals surface area contributed by atoms with Gasteiger partial charge in [-0.3, -0.25) is 4.90 Å². The Morgan fingerprint density at radius 1 is 0.833 bits per heavy atom. The largest absolute Gasteiger partial charge is 0.441 e. The molecule has 1 amide bonds. The molecular formula is C30H25N3O3. The molecule has 6 rings (SSSR count). The third kappa shape index (κ3) is 3.46. The molecule has 1 atom stereocenters. The summed E-state index contributed by atoms with van der Waals surface area (Å²) < 4.78 is 7.31. The third-order valence-electron chi connectivity index (χ3n) is 6.83. The number of aromatic nitrogens is 2. The van der Waals surface area contributed by atoms with Crippen LogP contribution < -0.4 is 4.90 Å². The maximum absolute atomic E-state index is 12.4. The molecule has 178 valence electrons. The van der Waals surface area contributed by atoms with E-state index in [1.165, 1.54) is 0 Å². The maximum atomic E-state index is 12.4. The van der Waals surface area contributed by atoms with E-state index in [4.69, 9.17) is 9.84 Å². The lowest BCUT2D eigenvalue weighted by Crippen LogP contribution is -2.38. The smallest absolute Gasteiger partial charge is 0.414 e. The fourth-order valence-corrected chi connectivity index (χ4v) is 5.19. The van der Waals surface area contributed by atoms with Crippen LogP contribution in [-0.2, 0) is 10.3 Å². The molecule has 1 aliphatic heterocycles. The molecule has 1 aromatic heterocycles. The number of cyclic esters (lactones) is 1. The Hall–Kier alpha value is -4.42. The van der Waals surface area contributed by atoms with E-state index < -0.39 is 17.7 Å². The van der Waals surface area contributed by atoms with Gasteiger partial charge in [0.2, 0.25) is 0 Å². The predicted octanol–water partition coefficient (Wildman–Crippen LogP) is 5.19. The highest BCUT2D eigenvalue weighted by Gasteiger charge is 2.40. The van der Waals surface area contributed by atoms with Gasteiger partial charge in [-0.15, -0.1) is 0 Å². The molecule has 1 fully saturated rings. The van der Waals surface area contributed by atoms with Crippen LogP contribution in [0.1, 0.15) is 16.7 Å². The lowest BCUT2D eigenvalue weighted by molar-refractivity contribution is 0.0963. The molecule has 0 radical (unpaired) electrons. The maximum Gasteiger partial charge on any atom is 0.414 e. The van der Waals surface area contributed by atoms with Crippen LogP contribution in [-0.4, -0.2) is 40.2 Å². The van der Waals surface area contributed by atoms with Crippen molar-refractivity contribution in [3.63, 3.8) is 0 Å². The van der Waals surface area contributed by atoms with Gasteiger partial charge in [0.15, 0.2) is 0 Å². The highest BCUT2D eigenvalue weighted by Crippen LogP contribution is 2.42. The number of anilines is 1. The average Bonchev–Trinajstić information content (AvgIpc) is 3.54. The molecule has 0 aliphatic carbocycles. The minimum Gasteiger partial charge on any atom is -0.441 e. The topological polar surface area (TPSA) is 67.6 Å². The standard InChI is InChI=1S/C30H25N3O3/c34-21-27-20-32(29(35)36-27)26-16-17-28-22(18-26)19-31-33(28)30(23-10-4-1-5-11-23,24-12-6-2-7-13-24)25-14-8-3-9-15-25/h1-19,27,34H,20-21H2. The number of carbonyl (C=O) groups excluding carboxylic acids is 1. The van der Waals surface area contributed by atoms with E-state index >= 15 is 0 Å². The Morgan fingerprint density at radius 2 is 1.39 bits per heavy atom. The SMILES string of the molecule is O=C1OC(CO)CN1c1ccc2c(cnn2C(c2ccccc2)(c2ccccc2)c2ccccc2)c1. The Bertz CT molecular complexity index is 1400. The summed E-state index contributed by atoms with van der Waals surface area (Å²) in [6, 6.07) is 37.0. The second kappa shape index (κ2) is 8.98. The molecule has 1 saturated heterocycles. The molecule has 0 saturated carbocycles. The second-order valence-corrected chi connectivity index (χ2v) is 8.91. The van der Waals surface area contributed by atoms with Crippen LogP contribution in [0.2, 0.25) is 0 Å². The van der Waals surface area contributed by atoms with Gasteiger partial charge < -0.3 is 9.84 Å². The average molecular weight is 476 g/mol. The quantitative estimate of drug-likeness (QED) is 0.343. The number of hydrogen-bond acceptors (Lipinski definition) is 4. The van der Waals surface area contributed by atoms with Crippen molar-refractivity contribution >= 4 is 22.7 Å². The number of aliphatic hydroxyl groups is 1. The molecule has 2 heterocycles. The number of benzene rings is 4. The number of carbonyl (C=O) groups is 1. The van der Waals surface area contributed by atoms with Gasteiger partial charge in [0.05, 0.1) is 24.9 Å². The van der Waals surface area contributed by atoms with E-state index in [1.807, 2.05) is 42.6 Å². The van der Waals surface area contributed by atoms with Crippen molar-refractivity contribution in [3.05, 3.63) is 132 Å². The van der Waals surface area contributed by atoms with E-state index in [0.29, 0.717) is 12.2 Å². The van der Waals surface area contributed by atoms with Gasteiger partial charge >= 0.3 is 6.09 Å². The van der Waals surface area contributed by atoms with E-state index in [-0.39, 0.29) is 6.61 Å². The zero-order valence-electron chi connectivity index (χ0n) is 19.6. The van der Waals surface area contributed by atoms with Crippen LogP contribution in [0.4, 0.5) is 10.5 Å². The van der Waals surface area contributed by atoms with Gasteiger partial charge in [-0.25, -0.2) is 9.48 Å². The molecule has 1 aliphatic rings. The van der Waals surface area contributed by atoms with Crippen molar-refractivity contribution in [2.45, 2.75) is 11.6 Å². The first kappa shape index (κ1) is 22.1. The van der Waals surface area contributed by atoms with Crippen molar-refractivity contribution in [1.82, 2.24) is 9.78 Å². The third-order valence-corrected chi connectivity index (χ3v) is 6.83. The van der Waals surface area contributed by atoms with Gasteiger partial charge in [-0.2, -0.15) is 5.10 Å². The van der Waals surface area contributed by atoms with Crippen LogP contribution in [0.25, 0.3) is 10.9 Å². The number of fused-ring (bicyclic) bond motifs is 1. The summed E-state index contributed by atoms with van der Waals surface area (Å²) in [6.07, 6.45) is 0.874. The van der Waals surface area contributed by atoms with E-state index in [2.05, 4.69) is 77.5 Å². The Morgan fingerprint density at radius 3 is 1.89 bits per heavy atom. The Balaban J connectivity index is 1.59. The number of ether oxygens (including phenoxy) is 1. The van der Waals surface area contributed by atoms with Crippen molar-refractivity contribution in [2.24, 2.45) is 0 Å². The summed E-state index contributed by atoms with van der Waals surface area (Å²) >= 11 is 0. The van der Waals surface area contributed by atoms with E-state index in [0.717, 1.165) is 27.6 Å². The van der Waals surface area contributed by atoms with E-state index in [1.54, 1.807) is 4.90 Å². The first-order chi connectivity index (χ1) is 17.7. The molecule has 6 nitrogen and oxygen atoms in total. The first-order valence-corrected chi connectivity index (χ1v) is 12.0. The normalized spacial score (nSPS) is 15.9. The van der Waals surface area contributed by atoms with Gasteiger partial charge in [0, 0.05) is 11.1 Å². The molecule has 0 bridgehead atoms. The minimum absolute atomic E-state index is 0.198. The van der Waals surface area contributed by atoms with Gasteiger partial charge in [-0.05, 0) is 34.9 Å². The molecule has 0 spiro atoms. The number of rotatable bonds is 6. The summed E-state index contributed by atoms with van der Waals surface area (Å²) in [5.41, 5.74) is 4.19. The molecular weight excluding hydrogens is 450 g/mol. The Labute approximate surface area is 209 Å². The summed E-state index contributed by atoms with van der Waals surface area (Å²) in [4.78, 5) is 13.9. The number of aliphatic hydroxyl groups excluding tert-OH is 1. The van der Waals surface area contributed by atoms with Crippen molar-refractivity contribution in [1.29, 1.82) is 0 Å². The number of amides is 1. The molecule has 1 unspecified atom stereocenters. The van der Waals surface area contributed by atoms with Crippen LogP contribution in [0, 0.1) is 0 Å². The molecule has 6 heteroatoms. The van der Waals surface area contributed by atoms with Crippen LogP contribution >= 0.6 is 0 Å². The van der Waals surface area contributed by atoms with Crippen molar-refractivity contribution in [3.8, 4) is 0 Å². The lowest BCUT2D eigenvalue weighted by Gasteiger charge is -2.37. The van der Waals surface area contributed by atoms with Gasteiger partial charge in [-0.1, -0.05) is 91.0 Å². The Kier molecular flexibility index (Phi) is 5.51. The number of hydrogen-bond donors (Lipinski definition) is 1. The minimum atomic E-state index is -0.721. The molecule has 1 N–H and O–H groups in total. The summed E-state index contributed by atoms with van der Waals surface area (Å²) in [6.45, 7) is 0.118. The zero-order valence-corrected chi connectivity index (χ0v) is 19.6. The van der Waals surface area contributed by atoms with Crippen LogP contribution in [0.3, 0.4) is 0 Å². The summed E-state index contributed by atoms with van der Waals surface area (Å²) in [5, 5.41) is 15.3. The highest BCUT2D eigenvalue weighted by molar-refractivity contribution is 5.93. The second-order valence-electron chi connectivity index (χ2n) is 8.91. The fraction of sp³-hybridized carbons (Fsp3) is 0.133. The van der Waals surface area contributed by atoms with Gasteiger partial charge in [0.25, 0.3) is 0 Å².